The number of rotatable bonds is 8. The molecule has 106 valence electrons. The second kappa shape index (κ2) is 7.70. The molecule has 0 amide bonds. The van der Waals surface area contributed by atoms with E-state index in [9.17, 15) is 4.79 Å². The molecule has 0 bridgehead atoms. The van der Waals surface area contributed by atoms with Crippen LogP contribution < -0.4 is 10.1 Å². The summed E-state index contributed by atoms with van der Waals surface area (Å²) >= 11 is 0. The zero-order chi connectivity index (χ0) is 14.3. The largest absolute Gasteiger partial charge is 0.480 e. The lowest BCUT2D eigenvalue weighted by Gasteiger charge is -2.16. The van der Waals surface area contributed by atoms with E-state index in [0.29, 0.717) is 12.4 Å². The zero-order valence-electron chi connectivity index (χ0n) is 11.4. The van der Waals surface area contributed by atoms with Gasteiger partial charge in [0, 0.05) is 25.4 Å². The fourth-order valence-corrected chi connectivity index (χ4v) is 1.51. The fraction of sp³-hybridized carbons (Fsp3) is 0.538. The molecule has 1 aromatic heterocycles. The van der Waals surface area contributed by atoms with Gasteiger partial charge in [-0.15, -0.1) is 0 Å². The summed E-state index contributed by atoms with van der Waals surface area (Å²) in [6, 6.07) is 2.89. The maximum Gasteiger partial charge on any atom is 0.323 e. The van der Waals surface area contributed by atoms with Crippen LogP contribution in [-0.2, 0) is 16.1 Å². The standard InChI is InChI=1S/C13H20N2O4/c1-9(2)19-12-10(5-4-6-14-12)7-15-11(8-18-3)13(16)17/h4-6,9,11,15H,7-8H2,1-3H3,(H,16,17). The molecule has 0 fully saturated rings. The van der Waals surface area contributed by atoms with Gasteiger partial charge >= 0.3 is 5.97 Å². The number of carboxylic acids is 1. The highest BCUT2D eigenvalue weighted by Crippen LogP contribution is 2.15. The Morgan fingerprint density at radius 1 is 1.53 bits per heavy atom. The van der Waals surface area contributed by atoms with Crippen molar-refractivity contribution < 1.29 is 19.4 Å². The van der Waals surface area contributed by atoms with E-state index in [4.69, 9.17) is 14.6 Å². The Balaban J connectivity index is 2.68. The summed E-state index contributed by atoms with van der Waals surface area (Å²) < 4.78 is 10.4. The highest BCUT2D eigenvalue weighted by atomic mass is 16.5. The molecular formula is C13H20N2O4. The number of nitrogens with zero attached hydrogens (tertiary/aromatic N) is 1. The van der Waals surface area contributed by atoms with Crippen molar-refractivity contribution >= 4 is 5.97 Å². The lowest BCUT2D eigenvalue weighted by atomic mass is 10.2. The Labute approximate surface area is 112 Å². The molecule has 0 saturated carbocycles. The summed E-state index contributed by atoms with van der Waals surface area (Å²) in [6.07, 6.45) is 1.66. The summed E-state index contributed by atoms with van der Waals surface area (Å²) in [5, 5.41) is 11.9. The summed E-state index contributed by atoms with van der Waals surface area (Å²) in [7, 11) is 1.47. The van der Waals surface area contributed by atoms with Crippen LogP contribution in [0.5, 0.6) is 5.88 Å². The average Bonchev–Trinajstić information content (AvgIpc) is 2.35. The maximum atomic E-state index is 11.0. The molecule has 1 aromatic rings. The molecule has 6 heteroatoms. The molecule has 6 nitrogen and oxygen atoms in total. The van der Waals surface area contributed by atoms with Gasteiger partial charge in [-0.2, -0.15) is 0 Å². The first-order valence-corrected chi connectivity index (χ1v) is 6.10. The maximum absolute atomic E-state index is 11.0. The van der Waals surface area contributed by atoms with E-state index in [1.54, 1.807) is 12.3 Å². The van der Waals surface area contributed by atoms with Gasteiger partial charge in [0.2, 0.25) is 5.88 Å². The fourth-order valence-electron chi connectivity index (χ4n) is 1.51. The molecule has 0 spiro atoms. The number of hydrogen-bond donors (Lipinski definition) is 2. The predicted molar refractivity (Wildman–Crippen MR) is 70.1 cm³/mol. The molecule has 2 N–H and O–H groups in total. The molecule has 1 rings (SSSR count). The van der Waals surface area contributed by atoms with Gasteiger partial charge < -0.3 is 14.6 Å². The number of aliphatic carboxylic acids is 1. The van der Waals surface area contributed by atoms with Crippen LogP contribution in [0.3, 0.4) is 0 Å². The van der Waals surface area contributed by atoms with Crippen LogP contribution in [0.4, 0.5) is 0 Å². The third kappa shape index (κ3) is 5.23. The minimum Gasteiger partial charge on any atom is -0.480 e. The monoisotopic (exact) mass is 268 g/mol. The molecular weight excluding hydrogens is 248 g/mol. The van der Waals surface area contributed by atoms with E-state index in [-0.39, 0.29) is 12.7 Å². The van der Waals surface area contributed by atoms with E-state index in [1.165, 1.54) is 7.11 Å². The molecule has 0 aromatic carbocycles. The van der Waals surface area contributed by atoms with E-state index in [1.807, 2.05) is 19.9 Å². The van der Waals surface area contributed by atoms with Crippen molar-refractivity contribution in [1.82, 2.24) is 10.3 Å². The number of methoxy groups -OCH3 is 1. The number of pyridine rings is 1. The minimum atomic E-state index is -0.947. The van der Waals surface area contributed by atoms with E-state index in [2.05, 4.69) is 10.3 Å². The second-order valence-corrected chi connectivity index (χ2v) is 4.36. The Hall–Kier alpha value is -1.66. The first-order chi connectivity index (χ1) is 9.04. The van der Waals surface area contributed by atoms with Crippen LogP contribution in [-0.4, -0.2) is 41.9 Å². The molecule has 0 aliphatic heterocycles. The van der Waals surface area contributed by atoms with Crippen molar-refractivity contribution in [3.8, 4) is 5.88 Å². The molecule has 1 unspecified atom stereocenters. The summed E-state index contributed by atoms with van der Waals surface area (Å²) in [6.45, 7) is 4.29. The Kier molecular flexibility index (Phi) is 6.24. The minimum absolute atomic E-state index is 0.0166. The predicted octanol–water partition coefficient (Wildman–Crippen LogP) is 1.06. The van der Waals surface area contributed by atoms with Gasteiger partial charge in [0.15, 0.2) is 0 Å². The van der Waals surface area contributed by atoms with Crippen LogP contribution in [0.1, 0.15) is 19.4 Å². The van der Waals surface area contributed by atoms with Gasteiger partial charge in [-0.3, -0.25) is 10.1 Å². The van der Waals surface area contributed by atoms with E-state index in [0.717, 1.165) is 5.56 Å². The van der Waals surface area contributed by atoms with E-state index >= 15 is 0 Å². The second-order valence-electron chi connectivity index (χ2n) is 4.36. The molecule has 0 aliphatic carbocycles. The summed E-state index contributed by atoms with van der Waals surface area (Å²) in [5.41, 5.74) is 0.818. The lowest BCUT2D eigenvalue weighted by molar-refractivity contribution is -0.140. The molecule has 1 atom stereocenters. The van der Waals surface area contributed by atoms with E-state index < -0.39 is 12.0 Å². The molecule has 0 radical (unpaired) electrons. The van der Waals surface area contributed by atoms with Gasteiger partial charge in [-0.25, -0.2) is 4.98 Å². The number of ether oxygens (including phenoxy) is 2. The Morgan fingerprint density at radius 3 is 2.84 bits per heavy atom. The SMILES string of the molecule is COCC(NCc1cccnc1OC(C)C)C(=O)O. The topological polar surface area (TPSA) is 80.7 Å². The first-order valence-electron chi connectivity index (χ1n) is 6.10. The van der Waals surface area contributed by atoms with Gasteiger partial charge in [-0.1, -0.05) is 6.07 Å². The van der Waals surface area contributed by atoms with Crippen LogP contribution in [0.15, 0.2) is 18.3 Å². The normalized spacial score (nSPS) is 12.4. The average molecular weight is 268 g/mol. The number of hydrogen-bond acceptors (Lipinski definition) is 5. The third-order valence-electron chi connectivity index (χ3n) is 2.37. The van der Waals surface area contributed by atoms with Crippen molar-refractivity contribution in [3.05, 3.63) is 23.9 Å². The van der Waals surface area contributed by atoms with Crippen LogP contribution in [0.25, 0.3) is 0 Å². The van der Waals surface area contributed by atoms with Crippen LogP contribution >= 0.6 is 0 Å². The zero-order valence-corrected chi connectivity index (χ0v) is 11.4. The van der Waals surface area contributed by atoms with Crippen molar-refractivity contribution in [3.63, 3.8) is 0 Å². The summed E-state index contributed by atoms with van der Waals surface area (Å²) in [4.78, 5) is 15.1. The van der Waals surface area contributed by atoms with Crippen LogP contribution in [0, 0.1) is 0 Å². The van der Waals surface area contributed by atoms with Crippen LogP contribution in [0.2, 0.25) is 0 Å². The molecule has 19 heavy (non-hydrogen) atoms. The highest BCUT2D eigenvalue weighted by Gasteiger charge is 2.17. The quantitative estimate of drug-likeness (QED) is 0.733. The number of carbonyl (C=O) groups is 1. The van der Waals surface area contributed by atoms with Crippen molar-refractivity contribution in [2.75, 3.05) is 13.7 Å². The molecule has 0 aliphatic rings. The molecule has 1 heterocycles. The van der Waals surface area contributed by atoms with Gasteiger partial charge in [0.1, 0.15) is 6.04 Å². The Bertz CT molecular complexity index is 409. The number of aromatic nitrogens is 1. The van der Waals surface area contributed by atoms with Crippen molar-refractivity contribution in [2.45, 2.75) is 32.5 Å². The molecule has 0 saturated heterocycles. The number of carboxylic acid groups (broad SMARTS) is 1. The van der Waals surface area contributed by atoms with Gasteiger partial charge in [0.25, 0.3) is 0 Å². The van der Waals surface area contributed by atoms with Gasteiger partial charge in [0.05, 0.1) is 12.7 Å². The number of nitrogens with one attached hydrogen (secondary N) is 1. The van der Waals surface area contributed by atoms with Gasteiger partial charge in [-0.05, 0) is 19.9 Å². The van der Waals surface area contributed by atoms with Crippen molar-refractivity contribution in [2.24, 2.45) is 0 Å². The lowest BCUT2D eigenvalue weighted by Crippen LogP contribution is -2.39. The smallest absolute Gasteiger partial charge is 0.323 e. The van der Waals surface area contributed by atoms with Crippen molar-refractivity contribution in [1.29, 1.82) is 0 Å². The Morgan fingerprint density at radius 2 is 2.26 bits per heavy atom. The highest BCUT2D eigenvalue weighted by molar-refractivity contribution is 5.73. The first kappa shape index (κ1) is 15.4. The third-order valence-corrected chi connectivity index (χ3v) is 2.37. The summed E-state index contributed by atoms with van der Waals surface area (Å²) in [5.74, 6) is -0.427.